The van der Waals surface area contributed by atoms with Gasteiger partial charge in [0.2, 0.25) is 0 Å². The van der Waals surface area contributed by atoms with Crippen LogP contribution in [0.1, 0.15) is 12.5 Å². The third kappa shape index (κ3) is 3.12. The Morgan fingerprint density at radius 1 is 1.33 bits per heavy atom. The van der Waals surface area contributed by atoms with E-state index in [9.17, 15) is 0 Å². The van der Waals surface area contributed by atoms with Crippen LogP contribution in [0.15, 0.2) is 30.5 Å². The third-order valence-corrected chi connectivity index (χ3v) is 4.31. The van der Waals surface area contributed by atoms with E-state index in [4.69, 9.17) is 4.74 Å². The topological polar surface area (TPSA) is 29.4 Å². The van der Waals surface area contributed by atoms with Gasteiger partial charge in [0.25, 0.3) is 0 Å². The molecule has 114 valence electrons. The van der Waals surface area contributed by atoms with Crippen molar-refractivity contribution in [2.75, 3.05) is 33.3 Å². The first-order valence-corrected chi connectivity index (χ1v) is 7.87. The predicted molar refractivity (Wildman–Crippen MR) is 86.6 cm³/mol. The molecule has 21 heavy (non-hydrogen) atoms. The van der Waals surface area contributed by atoms with Gasteiger partial charge in [-0.25, -0.2) is 0 Å². The molecule has 0 aliphatic carbocycles. The largest absolute Gasteiger partial charge is 0.374 e. The van der Waals surface area contributed by atoms with Crippen molar-refractivity contribution in [3.8, 4) is 0 Å². The van der Waals surface area contributed by atoms with Crippen LogP contribution in [-0.4, -0.2) is 48.9 Å². The van der Waals surface area contributed by atoms with Crippen molar-refractivity contribution in [3.05, 3.63) is 36.0 Å². The van der Waals surface area contributed by atoms with Crippen LogP contribution in [0, 0.1) is 0 Å². The van der Waals surface area contributed by atoms with Gasteiger partial charge in [-0.1, -0.05) is 25.1 Å². The van der Waals surface area contributed by atoms with E-state index in [1.165, 1.54) is 16.5 Å². The molecule has 1 aliphatic heterocycles. The molecule has 0 saturated carbocycles. The number of nitrogens with one attached hydrogen (secondary N) is 1. The highest BCUT2D eigenvalue weighted by molar-refractivity contribution is 5.83. The summed E-state index contributed by atoms with van der Waals surface area (Å²) < 4.78 is 8.31. The Morgan fingerprint density at radius 3 is 3.05 bits per heavy atom. The van der Waals surface area contributed by atoms with E-state index in [2.05, 4.69) is 52.2 Å². The van der Waals surface area contributed by atoms with Crippen molar-refractivity contribution in [1.82, 2.24) is 14.8 Å². The van der Waals surface area contributed by atoms with Gasteiger partial charge >= 0.3 is 0 Å². The average Bonchev–Trinajstić information content (AvgIpc) is 2.92. The first-order chi connectivity index (χ1) is 10.3. The maximum atomic E-state index is 5.95. The van der Waals surface area contributed by atoms with Gasteiger partial charge < -0.3 is 14.6 Å². The van der Waals surface area contributed by atoms with Gasteiger partial charge in [0.1, 0.15) is 0 Å². The number of fused-ring (bicyclic) bond motifs is 1. The number of hydrogen-bond donors (Lipinski definition) is 1. The zero-order valence-electron chi connectivity index (χ0n) is 13.0. The van der Waals surface area contributed by atoms with Gasteiger partial charge in [-0.05, 0) is 30.6 Å². The number of benzene rings is 1. The van der Waals surface area contributed by atoms with Gasteiger partial charge in [0, 0.05) is 25.8 Å². The van der Waals surface area contributed by atoms with E-state index < -0.39 is 0 Å². The molecule has 1 saturated heterocycles. The molecule has 1 aromatic heterocycles. The van der Waals surface area contributed by atoms with Crippen molar-refractivity contribution in [2.45, 2.75) is 26.1 Å². The summed E-state index contributed by atoms with van der Waals surface area (Å²) in [5.41, 5.74) is 2.69. The van der Waals surface area contributed by atoms with Crippen molar-refractivity contribution in [3.63, 3.8) is 0 Å². The minimum atomic E-state index is 0.289. The van der Waals surface area contributed by atoms with Crippen LogP contribution >= 0.6 is 0 Å². The maximum absolute atomic E-state index is 5.95. The second-order valence-electron chi connectivity index (χ2n) is 5.74. The first-order valence-electron chi connectivity index (χ1n) is 7.87. The van der Waals surface area contributed by atoms with E-state index in [-0.39, 0.29) is 6.10 Å². The smallest absolute Gasteiger partial charge is 0.0881 e. The van der Waals surface area contributed by atoms with E-state index in [0.717, 1.165) is 39.3 Å². The van der Waals surface area contributed by atoms with Gasteiger partial charge in [-0.15, -0.1) is 0 Å². The van der Waals surface area contributed by atoms with E-state index in [1.807, 2.05) is 7.05 Å². The molecular weight excluding hydrogens is 262 g/mol. The highest BCUT2D eigenvalue weighted by Gasteiger charge is 2.20. The molecule has 1 atom stereocenters. The van der Waals surface area contributed by atoms with Gasteiger partial charge in [0.15, 0.2) is 0 Å². The van der Waals surface area contributed by atoms with Gasteiger partial charge in [-0.3, -0.25) is 4.90 Å². The van der Waals surface area contributed by atoms with E-state index >= 15 is 0 Å². The lowest BCUT2D eigenvalue weighted by Crippen LogP contribution is -2.43. The van der Waals surface area contributed by atoms with Crippen LogP contribution < -0.4 is 5.32 Å². The SMILES string of the molecule is CCN1CCOC(Cn2ccc3cccc(CNC)c32)C1. The van der Waals surface area contributed by atoms with Gasteiger partial charge in [0.05, 0.1) is 24.8 Å². The van der Waals surface area contributed by atoms with Gasteiger partial charge in [-0.2, -0.15) is 0 Å². The number of para-hydroxylation sites is 1. The number of rotatable bonds is 5. The number of likely N-dealkylation sites (N-methyl/N-ethyl adjacent to an activating group) is 1. The van der Waals surface area contributed by atoms with Crippen LogP contribution in [0.2, 0.25) is 0 Å². The molecule has 2 heterocycles. The van der Waals surface area contributed by atoms with Crippen LogP contribution in [0.5, 0.6) is 0 Å². The zero-order chi connectivity index (χ0) is 14.7. The minimum absolute atomic E-state index is 0.289. The molecule has 1 unspecified atom stereocenters. The van der Waals surface area contributed by atoms with Crippen LogP contribution in [0.25, 0.3) is 10.9 Å². The molecule has 3 rings (SSSR count). The Morgan fingerprint density at radius 2 is 2.24 bits per heavy atom. The normalized spacial score (nSPS) is 20.2. The Balaban J connectivity index is 1.83. The lowest BCUT2D eigenvalue weighted by atomic mass is 10.1. The molecule has 1 aromatic carbocycles. The maximum Gasteiger partial charge on any atom is 0.0881 e. The van der Waals surface area contributed by atoms with Crippen molar-refractivity contribution < 1.29 is 4.74 Å². The lowest BCUT2D eigenvalue weighted by molar-refractivity contribution is -0.0337. The van der Waals surface area contributed by atoms with E-state index in [0.29, 0.717) is 0 Å². The van der Waals surface area contributed by atoms with Crippen LogP contribution in [-0.2, 0) is 17.8 Å². The summed E-state index contributed by atoms with van der Waals surface area (Å²) in [6, 6.07) is 8.73. The molecule has 0 bridgehead atoms. The highest BCUT2D eigenvalue weighted by Crippen LogP contribution is 2.21. The second kappa shape index (κ2) is 6.60. The van der Waals surface area contributed by atoms with E-state index in [1.54, 1.807) is 0 Å². The number of aromatic nitrogens is 1. The summed E-state index contributed by atoms with van der Waals surface area (Å²) in [4.78, 5) is 2.47. The molecule has 0 radical (unpaired) electrons. The van der Waals surface area contributed by atoms with Crippen molar-refractivity contribution in [2.24, 2.45) is 0 Å². The average molecular weight is 287 g/mol. The fourth-order valence-electron chi connectivity index (χ4n) is 3.22. The second-order valence-corrected chi connectivity index (χ2v) is 5.74. The summed E-state index contributed by atoms with van der Waals surface area (Å²) in [5, 5.41) is 4.57. The third-order valence-electron chi connectivity index (χ3n) is 4.31. The molecule has 0 spiro atoms. The molecular formula is C17H25N3O. The highest BCUT2D eigenvalue weighted by atomic mass is 16.5. The lowest BCUT2D eigenvalue weighted by Gasteiger charge is -2.32. The Labute approximate surface area is 126 Å². The number of morpholine rings is 1. The monoisotopic (exact) mass is 287 g/mol. The van der Waals surface area contributed by atoms with Crippen molar-refractivity contribution >= 4 is 10.9 Å². The fourth-order valence-corrected chi connectivity index (χ4v) is 3.22. The standard InChI is InChI=1S/C17H25N3O/c1-3-19-9-10-21-16(12-19)13-20-8-7-14-5-4-6-15(11-18-2)17(14)20/h4-8,16,18H,3,9-13H2,1-2H3. The summed E-state index contributed by atoms with van der Waals surface area (Å²) in [5.74, 6) is 0. The first kappa shape index (κ1) is 14.6. The van der Waals surface area contributed by atoms with Crippen LogP contribution in [0.3, 0.4) is 0 Å². The Kier molecular flexibility index (Phi) is 4.58. The van der Waals surface area contributed by atoms with Crippen LogP contribution in [0.4, 0.5) is 0 Å². The molecule has 2 aromatic rings. The molecule has 1 N–H and O–H groups in total. The summed E-state index contributed by atoms with van der Waals surface area (Å²) in [7, 11) is 2.00. The number of nitrogens with zero attached hydrogens (tertiary/aromatic N) is 2. The molecule has 1 aliphatic rings. The number of ether oxygens (including phenoxy) is 1. The molecule has 4 heteroatoms. The summed E-state index contributed by atoms with van der Waals surface area (Å²) in [6.07, 6.45) is 2.48. The number of hydrogen-bond acceptors (Lipinski definition) is 3. The summed E-state index contributed by atoms with van der Waals surface area (Å²) >= 11 is 0. The predicted octanol–water partition coefficient (Wildman–Crippen LogP) is 2.08. The molecule has 1 fully saturated rings. The minimum Gasteiger partial charge on any atom is -0.374 e. The molecule has 0 amide bonds. The Hall–Kier alpha value is -1.36. The van der Waals surface area contributed by atoms with Crippen molar-refractivity contribution in [1.29, 1.82) is 0 Å². The quantitative estimate of drug-likeness (QED) is 0.913. The zero-order valence-corrected chi connectivity index (χ0v) is 13.0. The molecule has 4 nitrogen and oxygen atoms in total. The fraction of sp³-hybridized carbons (Fsp3) is 0.529. The Bertz CT molecular complexity index is 593. The summed E-state index contributed by atoms with van der Waals surface area (Å²) in [6.45, 7) is 8.10.